The molecule has 0 aliphatic carbocycles. The van der Waals surface area contributed by atoms with Crippen molar-refractivity contribution in [2.24, 2.45) is 4.99 Å². The number of aromatic nitrogens is 1. The van der Waals surface area contributed by atoms with Crippen LogP contribution in [0.1, 0.15) is 10.4 Å². The van der Waals surface area contributed by atoms with Crippen molar-refractivity contribution in [1.82, 2.24) is 4.57 Å². The van der Waals surface area contributed by atoms with Gasteiger partial charge in [-0.15, -0.1) is 0 Å². The third kappa shape index (κ3) is 3.91. The summed E-state index contributed by atoms with van der Waals surface area (Å²) in [6, 6.07) is 10.3. The summed E-state index contributed by atoms with van der Waals surface area (Å²) in [5.41, 5.74) is 1.13. The summed E-state index contributed by atoms with van der Waals surface area (Å²) in [6.07, 6.45) is 0. The van der Waals surface area contributed by atoms with Gasteiger partial charge in [-0.05, 0) is 24.3 Å². The Labute approximate surface area is 163 Å². The van der Waals surface area contributed by atoms with E-state index < -0.39 is 5.91 Å². The van der Waals surface area contributed by atoms with Gasteiger partial charge in [0.2, 0.25) is 0 Å². The summed E-state index contributed by atoms with van der Waals surface area (Å²) in [4.78, 5) is 17.3. The van der Waals surface area contributed by atoms with Crippen LogP contribution in [-0.2, 0) is 11.3 Å². The Bertz CT molecular complexity index is 1010. The lowest BCUT2D eigenvalue weighted by Gasteiger charge is -2.06. The van der Waals surface area contributed by atoms with Gasteiger partial charge in [0.05, 0.1) is 32.4 Å². The van der Waals surface area contributed by atoms with Crippen molar-refractivity contribution >= 4 is 62.3 Å². The number of ether oxygens (including phenoxy) is 1. The largest absolute Gasteiger partial charge is 0.383 e. The van der Waals surface area contributed by atoms with Gasteiger partial charge in [0.25, 0.3) is 5.91 Å². The van der Waals surface area contributed by atoms with Gasteiger partial charge in [-0.1, -0.05) is 58.3 Å². The first kappa shape index (κ1) is 18.4. The van der Waals surface area contributed by atoms with Gasteiger partial charge >= 0.3 is 0 Å². The number of fused-ring (bicyclic) bond motifs is 1. The van der Waals surface area contributed by atoms with Crippen molar-refractivity contribution in [1.29, 1.82) is 0 Å². The lowest BCUT2D eigenvalue weighted by molar-refractivity contribution is 0.0997. The molecule has 2 aromatic carbocycles. The van der Waals surface area contributed by atoms with Gasteiger partial charge in [0.15, 0.2) is 4.80 Å². The molecule has 0 spiro atoms. The zero-order chi connectivity index (χ0) is 18.0. The molecule has 0 bridgehead atoms. The summed E-state index contributed by atoms with van der Waals surface area (Å²) in [6.45, 7) is 0.963. The Morgan fingerprint density at radius 1 is 1.20 bits per heavy atom. The Kier molecular flexibility index (Phi) is 5.81. The third-order valence-electron chi connectivity index (χ3n) is 3.52. The normalized spacial score (nSPS) is 12.1. The molecular weight excluding hydrogens is 403 g/mol. The average Bonchev–Trinajstić information content (AvgIpc) is 2.90. The van der Waals surface area contributed by atoms with E-state index in [4.69, 9.17) is 39.5 Å². The van der Waals surface area contributed by atoms with Crippen LogP contribution in [0.3, 0.4) is 0 Å². The molecule has 25 heavy (non-hydrogen) atoms. The quantitative estimate of drug-likeness (QED) is 0.598. The van der Waals surface area contributed by atoms with Crippen molar-refractivity contribution in [3.05, 3.63) is 61.8 Å². The van der Waals surface area contributed by atoms with Crippen LogP contribution in [0.15, 0.2) is 41.4 Å². The summed E-state index contributed by atoms with van der Waals surface area (Å²) >= 11 is 19.9. The van der Waals surface area contributed by atoms with E-state index >= 15 is 0 Å². The maximum Gasteiger partial charge on any atom is 0.281 e. The van der Waals surface area contributed by atoms with Crippen LogP contribution in [0.2, 0.25) is 15.1 Å². The number of halogens is 3. The fourth-order valence-electron chi connectivity index (χ4n) is 2.39. The molecule has 4 nitrogen and oxygen atoms in total. The fraction of sp³-hybridized carbons (Fsp3) is 0.176. The number of benzene rings is 2. The highest BCUT2D eigenvalue weighted by molar-refractivity contribution is 7.16. The number of carbonyl (C=O) groups is 1. The van der Waals surface area contributed by atoms with Crippen molar-refractivity contribution in [3.63, 3.8) is 0 Å². The number of methoxy groups -OCH3 is 1. The third-order valence-corrected chi connectivity index (χ3v) is 5.38. The Balaban J connectivity index is 2.19. The van der Waals surface area contributed by atoms with E-state index in [1.54, 1.807) is 43.5 Å². The van der Waals surface area contributed by atoms with E-state index in [0.29, 0.717) is 38.6 Å². The van der Waals surface area contributed by atoms with E-state index in [9.17, 15) is 4.79 Å². The van der Waals surface area contributed by atoms with Gasteiger partial charge in [-0.25, -0.2) is 0 Å². The number of rotatable bonds is 4. The van der Waals surface area contributed by atoms with Crippen LogP contribution < -0.4 is 4.80 Å². The Morgan fingerprint density at radius 3 is 2.68 bits per heavy atom. The fourth-order valence-corrected chi connectivity index (χ4v) is 4.44. The highest BCUT2D eigenvalue weighted by Crippen LogP contribution is 2.29. The molecule has 130 valence electrons. The zero-order valence-electron chi connectivity index (χ0n) is 13.1. The van der Waals surface area contributed by atoms with Gasteiger partial charge in [-0.2, -0.15) is 4.99 Å². The molecule has 0 unspecified atom stereocenters. The molecule has 3 aromatic rings. The van der Waals surface area contributed by atoms with Crippen molar-refractivity contribution in [2.75, 3.05) is 13.7 Å². The van der Waals surface area contributed by atoms with Crippen molar-refractivity contribution < 1.29 is 9.53 Å². The topological polar surface area (TPSA) is 43.6 Å². The summed E-state index contributed by atoms with van der Waals surface area (Å²) in [5, 5.41) is 1.39. The molecule has 0 radical (unpaired) electrons. The second-order valence-electron chi connectivity index (χ2n) is 5.16. The van der Waals surface area contributed by atoms with E-state index in [1.165, 1.54) is 11.3 Å². The minimum atomic E-state index is -0.412. The molecule has 0 fully saturated rings. The van der Waals surface area contributed by atoms with E-state index in [2.05, 4.69) is 4.99 Å². The van der Waals surface area contributed by atoms with Gasteiger partial charge in [0, 0.05) is 18.7 Å². The molecule has 0 saturated carbocycles. The monoisotopic (exact) mass is 414 g/mol. The zero-order valence-corrected chi connectivity index (χ0v) is 16.2. The van der Waals surface area contributed by atoms with E-state index in [1.807, 2.05) is 4.57 Å². The summed E-state index contributed by atoms with van der Waals surface area (Å²) < 4.78 is 7.86. The SMILES string of the molecule is COCCn1c(=NC(=O)c2ccccc2Cl)sc2cc(Cl)cc(Cl)c21. The minimum Gasteiger partial charge on any atom is -0.383 e. The predicted octanol–water partition coefficient (Wildman–Crippen LogP) is 5.05. The molecule has 1 heterocycles. The number of nitrogens with zero attached hydrogens (tertiary/aromatic N) is 2. The molecular formula is C17H13Cl3N2O2S. The molecule has 1 aromatic heterocycles. The minimum absolute atomic E-state index is 0.351. The lowest BCUT2D eigenvalue weighted by atomic mass is 10.2. The maximum atomic E-state index is 12.5. The molecule has 8 heteroatoms. The van der Waals surface area contributed by atoms with Gasteiger partial charge in [-0.3, -0.25) is 4.79 Å². The second kappa shape index (κ2) is 7.89. The van der Waals surface area contributed by atoms with Crippen molar-refractivity contribution in [2.45, 2.75) is 6.54 Å². The standard InChI is InChI=1S/C17H13Cl3N2O2S/c1-24-7-6-22-15-13(20)8-10(18)9-14(15)25-17(22)21-16(23)11-4-2-3-5-12(11)19/h2-5,8-9H,6-7H2,1H3. The molecule has 0 N–H and O–H groups in total. The number of amides is 1. The first-order valence-corrected chi connectivity index (χ1v) is 9.27. The van der Waals surface area contributed by atoms with Crippen LogP contribution in [0.25, 0.3) is 10.2 Å². The molecule has 0 aliphatic heterocycles. The Morgan fingerprint density at radius 2 is 1.96 bits per heavy atom. The number of thiazole rings is 1. The summed E-state index contributed by atoms with van der Waals surface area (Å²) in [7, 11) is 1.61. The Hall–Kier alpha value is -1.37. The first-order chi connectivity index (χ1) is 12.0. The summed E-state index contributed by atoms with van der Waals surface area (Å²) in [5.74, 6) is -0.412. The number of hydrogen-bond acceptors (Lipinski definition) is 3. The van der Waals surface area contributed by atoms with Crippen molar-refractivity contribution in [3.8, 4) is 0 Å². The second-order valence-corrected chi connectivity index (χ2v) is 7.42. The van der Waals surface area contributed by atoms with Crippen LogP contribution in [0.5, 0.6) is 0 Å². The molecule has 0 atom stereocenters. The van der Waals surface area contributed by atoms with Gasteiger partial charge < -0.3 is 9.30 Å². The lowest BCUT2D eigenvalue weighted by Crippen LogP contribution is -2.19. The predicted molar refractivity (Wildman–Crippen MR) is 103 cm³/mol. The first-order valence-electron chi connectivity index (χ1n) is 7.32. The molecule has 1 amide bonds. The van der Waals surface area contributed by atoms with E-state index in [0.717, 1.165) is 10.2 Å². The average molecular weight is 416 g/mol. The van der Waals surface area contributed by atoms with Gasteiger partial charge in [0.1, 0.15) is 0 Å². The number of carbonyl (C=O) groups excluding carboxylic acids is 1. The number of hydrogen-bond donors (Lipinski definition) is 0. The van der Waals surface area contributed by atoms with Crippen LogP contribution in [-0.4, -0.2) is 24.2 Å². The molecule has 0 aliphatic rings. The van der Waals surface area contributed by atoms with E-state index in [-0.39, 0.29) is 0 Å². The maximum absolute atomic E-state index is 12.5. The highest BCUT2D eigenvalue weighted by atomic mass is 35.5. The molecule has 0 saturated heterocycles. The smallest absolute Gasteiger partial charge is 0.281 e. The highest BCUT2D eigenvalue weighted by Gasteiger charge is 2.14. The molecule has 3 rings (SSSR count). The van der Waals surface area contributed by atoms with Crippen LogP contribution in [0, 0.1) is 0 Å². The van der Waals surface area contributed by atoms with Crippen LogP contribution in [0.4, 0.5) is 0 Å². The van der Waals surface area contributed by atoms with Crippen LogP contribution >= 0.6 is 46.1 Å².